The zero-order chi connectivity index (χ0) is 21.2. The minimum Gasteiger partial charge on any atom is -0.496 e. The highest BCUT2D eigenvalue weighted by Crippen LogP contribution is 2.36. The van der Waals surface area contributed by atoms with Crippen LogP contribution in [0, 0.1) is 10.1 Å². The van der Waals surface area contributed by atoms with Crippen LogP contribution in [0.15, 0.2) is 36.4 Å². The van der Waals surface area contributed by atoms with Crippen LogP contribution < -0.4 is 9.47 Å². The smallest absolute Gasteiger partial charge is 0.418 e. The Hall–Kier alpha value is -3.41. The quantitative estimate of drug-likeness (QED) is 0.433. The number of nitrogens with zero attached hydrogens (tertiary/aromatic N) is 5. The predicted octanol–water partition coefficient (Wildman–Crippen LogP) is 3.83. The van der Waals surface area contributed by atoms with E-state index in [0.717, 1.165) is 22.9 Å². The molecule has 0 atom stereocenters. The van der Waals surface area contributed by atoms with Gasteiger partial charge in [0, 0.05) is 5.02 Å². The molecule has 0 aliphatic carbocycles. The normalized spacial score (nSPS) is 11.3. The standard InChI is InChI=1S/C16H11ClF3N5O4/c1-28-10-3-5-14(13(7-10)25(26)27)29-8-15-21-22-23-24(15)12-4-2-9(17)6-11(12)16(18,19)20/h2-7H,8H2,1H3. The SMILES string of the molecule is COc1ccc(OCc2nnnn2-c2ccc(Cl)cc2C(F)(F)F)c([N+](=O)[O-])c1. The molecule has 1 heterocycles. The summed E-state index contributed by atoms with van der Waals surface area (Å²) in [6, 6.07) is 7.01. The highest BCUT2D eigenvalue weighted by atomic mass is 35.5. The number of nitro benzene ring substituents is 1. The summed E-state index contributed by atoms with van der Waals surface area (Å²) < 4.78 is 51.2. The maximum Gasteiger partial charge on any atom is 0.418 e. The molecule has 0 aliphatic heterocycles. The number of ether oxygens (including phenoxy) is 2. The van der Waals surface area contributed by atoms with Gasteiger partial charge in [0.15, 0.2) is 18.2 Å². The topological polar surface area (TPSA) is 105 Å². The minimum atomic E-state index is -4.71. The average molecular weight is 430 g/mol. The van der Waals surface area contributed by atoms with Gasteiger partial charge in [-0.15, -0.1) is 5.10 Å². The summed E-state index contributed by atoms with van der Waals surface area (Å²) in [5.74, 6) is 0.00491. The largest absolute Gasteiger partial charge is 0.496 e. The molecule has 0 radical (unpaired) electrons. The van der Waals surface area contributed by atoms with Crippen molar-refractivity contribution in [2.75, 3.05) is 7.11 Å². The van der Waals surface area contributed by atoms with E-state index in [0.29, 0.717) is 0 Å². The molecule has 3 rings (SSSR count). The first-order valence-corrected chi connectivity index (χ1v) is 8.18. The Morgan fingerprint density at radius 1 is 1.24 bits per heavy atom. The molecule has 0 bridgehead atoms. The van der Waals surface area contributed by atoms with Crippen molar-refractivity contribution in [2.45, 2.75) is 12.8 Å². The first kappa shape index (κ1) is 20.3. The van der Waals surface area contributed by atoms with Crippen LogP contribution in [0.1, 0.15) is 11.4 Å². The van der Waals surface area contributed by atoms with Crippen molar-refractivity contribution in [3.8, 4) is 17.2 Å². The number of alkyl halides is 3. The van der Waals surface area contributed by atoms with Gasteiger partial charge in [-0.25, -0.2) is 0 Å². The molecule has 0 fully saturated rings. The van der Waals surface area contributed by atoms with E-state index in [2.05, 4.69) is 15.5 Å². The molecule has 13 heteroatoms. The Bertz CT molecular complexity index is 1060. The Morgan fingerprint density at radius 2 is 2.00 bits per heavy atom. The van der Waals surface area contributed by atoms with Gasteiger partial charge >= 0.3 is 11.9 Å². The van der Waals surface area contributed by atoms with E-state index in [1.54, 1.807) is 0 Å². The molecule has 152 valence electrons. The number of aromatic nitrogens is 4. The van der Waals surface area contributed by atoms with Crippen molar-refractivity contribution in [3.05, 3.63) is 62.9 Å². The van der Waals surface area contributed by atoms with Gasteiger partial charge in [-0.3, -0.25) is 10.1 Å². The van der Waals surface area contributed by atoms with Gasteiger partial charge in [0.25, 0.3) is 0 Å². The second kappa shape index (κ2) is 7.91. The molecule has 0 unspecified atom stereocenters. The van der Waals surface area contributed by atoms with Crippen molar-refractivity contribution in [2.24, 2.45) is 0 Å². The Kier molecular flexibility index (Phi) is 5.55. The summed E-state index contributed by atoms with van der Waals surface area (Å²) in [5.41, 5.74) is -1.80. The Balaban J connectivity index is 1.93. The number of rotatable bonds is 6. The molecule has 29 heavy (non-hydrogen) atoms. The molecule has 0 N–H and O–H groups in total. The molecular weight excluding hydrogens is 419 g/mol. The van der Waals surface area contributed by atoms with Crippen LogP contribution in [0.4, 0.5) is 18.9 Å². The number of hydrogen-bond acceptors (Lipinski definition) is 7. The zero-order valence-corrected chi connectivity index (χ0v) is 15.3. The minimum absolute atomic E-state index is 0.108. The highest BCUT2D eigenvalue weighted by Gasteiger charge is 2.35. The Labute approximate surface area is 165 Å². The summed E-state index contributed by atoms with van der Waals surface area (Å²) >= 11 is 5.68. The average Bonchev–Trinajstić information content (AvgIpc) is 3.13. The molecule has 3 aromatic rings. The third-order valence-corrected chi connectivity index (χ3v) is 3.98. The van der Waals surface area contributed by atoms with Gasteiger partial charge in [0.1, 0.15) is 5.75 Å². The molecule has 0 spiro atoms. The van der Waals surface area contributed by atoms with E-state index in [-0.39, 0.29) is 33.7 Å². The molecule has 0 amide bonds. The number of methoxy groups -OCH3 is 1. The fourth-order valence-electron chi connectivity index (χ4n) is 2.43. The number of tetrazole rings is 1. The van der Waals surface area contributed by atoms with Crippen LogP contribution in [0.2, 0.25) is 5.02 Å². The second-order valence-electron chi connectivity index (χ2n) is 5.55. The maximum absolute atomic E-state index is 13.4. The van der Waals surface area contributed by atoms with Gasteiger partial charge in [-0.2, -0.15) is 17.9 Å². The lowest BCUT2D eigenvalue weighted by Gasteiger charge is -2.14. The summed E-state index contributed by atoms with van der Waals surface area (Å²) in [4.78, 5) is 10.5. The van der Waals surface area contributed by atoms with Crippen LogP contribution in [0.3, 0.4) is 0 Å². The zero-order valence-electron chi connectivity index (χ0n) is 14.6. The molecule has 2 aromatic carbocycles. The molecule has 0 saturated heterocycles. The van der Waals surface area contributed by atoms with Crippen molar-refractivity contribution >= 4 is 17.3 Å². The number of benzene rings is 2. The lowest BCUT2D eigenvalue weighted by atomic mass is 10.1. The van der Waals surface area contributed by atoms with Crippen LogP contribution in [0.5, 0.6) is 11.5 Å². The van der Waals surface area contributed by atoms with E-state index >= 15 is 0 Å². The lowest BCUT2D eigenvalue weighted by molar-refractivity contribution is -0.386. The number of nitro groups is 1. The summed E-state index contributed by atoms with van der Waals surface area (Å²) in [6.07, 6.45) is -4.71. The third kappa shape index (κ3) is 4.37. The monoisotopic (exact) mass is 429 g/mol. The summed E-state index contributed by atoms with van der Waals surface area (Å²) in [6.45, 7) is -0.430. The van der Waals surface area contributed by atoms with Crippen molar-refractivity contribution < 1.29 is 27.6 Å². The molecule has 1 aromatic heterocycles. The van der Waals surface area contributed by atoms with Gasteiger partial charge < -0.3 is 9.47 Å². The van der Waals surface area contributed by atoms with E-state index < -0.39 is 23.3 Å². The van der Waals surface area contributed by atoms with Gasteiger partial charge in [0.2, 0.25) is 0 Å². The van der Waals surface area contributed by atoms with Crippen molar-refractivity contribution in [3.63, 3.8) is 0 Å². The first-order chi connectivity index (χ1) is 13.7. The van der Waals surface area contributed by atoms with E-state index in [4.69, 9.17) is 21.1 Å². The third-order valence-electron chi connectivity index (χ3n) is 3.75. The first-order valence-electron chi connectivity index (χ1n) is 7.80. The maximum atomic E-state index is 13.4. The fraction of sp³-hybridized carbons (Fsp3) is 0.188. The van der Waals surface area contributed by atoms with Crippen molar-refractivity contribution in [1.29, 1.82) is 0 Å². The van der Waals surface area contributed by atoms with Gasteiger partial charge in [-0.1, -0.05) is 11.6 Å². The second-order valence-corrected chi connectivity index (χ2v) is 5.98. The van der Waals surface area contributed by atoms with Crippen LogP contribution in [-0.4, -0.2) is 32.2 Å². The van der Waals surface area contributed by atoms with Crippen LogP contribution in [-0.2, 0) is 12.8 Å². The lowest BCUT2D eigenvalue weighted by Crippen LogP contribution is -2.14. The Morgan fingerprint density at radius 3 is 2.66 bits per heavy atom. The highest BCUT2D eigenvalue weighted by molar-refractivity contribution is 6.30. The number of halogens is 4. The molecule has 0 aliphatic rings. The van der Waals surface area contributed by atoms with Crippen molar-refractivity contribution in [1.82, 2.24) is 20.2 Å². The molecule has 9 nitrogen and oxygen atoms in total. The van der Waals surface area contributed by atoms with Crippen LogP contribution in [0.25, 0.3) is 5.69 Å². The summed E-state index contributed by atoms with van der Waals surface area (Å²) in [7, 11) is 1.35. The molecular formula is C16H11ClF3N5O4. The van der Waals surface area contributed by atoms with E-state index in [1.807, 2.05) is 0 Å². The summed E-state index contributed by atoms with van der Waals surface area (Å²) in [5, 5.41) is 21.7. The molecule has 0 saturated carbocycles. The van der Waals surface area contributed by atoms with E-state index in [9.17, 15) is 23.3 Å². The van der Waals surface area contributed by atoms with Gasteiger partial charge in [-0.05, 0) is 40.8 Å². The van der Waals surface area contributed by atoms with E-state index in [1.165, 1.54) is 25.3 Å². The predicted molar refractivity (Wildman–Crippen MR) is 93.1 cm³/mol. The number of hydrogen-bond donors (Lipinski definition) is 0. The van der Waals surface area contributed by atoms with Crippen LogP contribution >= 0.6 is 11.6 Å². The fourth-order valence-corrected chi connectivity index (χ4v) is 2.61. The van der Waals surface area contributed by atoms with Gasteiger partial charge in [0.05, 0.1) is 29.4 Å².